The zero-order chi connectivity index (χ0) is 22.0. The summed E-state index contributed by atoms with van der Waals surface area (Å²) in [5.74, 6) is 0.353. The molecule has 0 amide bonds. The molecule has 7 nitrogen and oxygen atoms in total. The lowest BCUT2D eigenvalue weighted by Crippen LogP contribution is -2.29. The molecule has 1 aliphatic rings. The molecule has 1 fully saturated rings. The number of benzene rings is 2. The van der Waals surface area contributed by atoms with Crippen LogP contribution in [0, 0.1) is 5.92 Å². The van der Waals surface area contributed by atoms with Crippen molar-refractivity contribution in [3.05, 3.63) is 47.5 Å². The first-order chi connectivity index (χ1) is 14.9. The molecular formula is C23H24ClN3O4. The van der Waals surface area contributed by atoms with Gasteiger partial charge in [0.2, 0.25) is 5.82 Å². The number of carboxylic acids is 1. The van der Waals surface area contributed by atoms with E-state index in [4.69, 9.17) is 20.9 Å². The Morgan fingerprint density at radius 1 is 1.19 bits per heavy atom. The number of aromatic nitrogens is 2. The monoisotopic (exact) mass is 441 g/mol. The van der Waals surface area contributed by atoms with Gasteiger partial charge >= 0.3 is 5.97 Å². The molecule has 2 aromatic carbocycles. The Labute approximate surface area is 185 Å². The molecule has 162 valence electrons. The van der Waals surface area contributed by atoms with Gasteiger partial charge in [-0.1, -0.05) is 23.2 Å². The van der Waals surface area contributed by atoms with Crippen molar-refractivity contribution in [2.75, 3.05) is 5.32 Å². The van der Waals surface area contributed by atoms with Crippen molar-refractivity contribution in [2.24, 2.45) is 5.92 Å². The van der Waals surface area contributed by atoms with Crippen molar-refractivity contribution in [2.45, 2.75) is 45.3 Å². The number of nitrogens with zero attached hydrogens (tertiary/aromatic N) is 2. The van der Waals surface area contributed by atoms with E-state index < -0.39 is 5.97 Å². The average Bonchev–Trinajstić information content (AvgIpc) is 3.40. The van der Waals surface area contributed by atoms with Gasteiger partial charge in [-0.25, -0.2) is 0 Å². The molecule has 2 atom stereocenters. The maximum absolute atomic E-state index is 11.4. The minimum atomic E-state index is -0.742. The lowest BCUT2D eigenvalue weighted by Gasteiger charge is -2.18. The highest BCUT2D eigenvalue weighted by molar-refractivity contribution is 6.32. The largest absolute Gasteiger partial charge is 0.489 e. The van der Waals surface area contributed by atoms with E-state index in [2.05, 4.69) is 15.5 Å². The molecule has 1 heterocycles. The first-order valence-electron chi connectivity index (χ1n) is 10.3. The summed E-state index contributed by atoms with van der Waals surface area (Å²) in [6.07, 6.45) is 2.52. The molecule has 1 unspecified atom stereocenters. The van der Waals surface area contributed by atoms with E-state index in [1.54, 1.807) is 12.1 Å². The summed E-state index contributed by atoms with van der Waals surface area (Å²) < 4.78 is 11.1. The summed E-state index contributed by atoms with van der Waals surface area (Å²) in [5.41, 5.74) is 2.38. The van der Waals surface area contributed by atoms with Crippen LogP contribution in [0.2, 0.25) is 5.02 Å². The Balaban J connectivity index is 1.47. The average molecular weight is 442 g/mol. The fraction of sp³-hybridized carbons (Fsp3) is 0.348. The van der Waals surface area contributed by atoms with Crippen molar-refractivity contribution in [1.82, 2.24) is 10.1 Å². The highest BCUT2D eigenvalue weighted by atomic mass is 35.5. The molecule has 2 N–H and O–H groups in total. The number of carbonyl (C=O) groups is 1. The van der Waals surface area contributed by atoms with E-state index in [0.717, 1.165) is 29.7 Å². The zero-order valence-corrected chi connectivity index (χ0v) is 18.1. The van der Waals surface area contributed by atoms with Crippen molar-refractivity contribution in [3.63, 3.8) is 0 Å². The van der Waals surface area contributed by atoms with Gasteiger partial charge in [0.25, 0.3) is 5.89 Å². The van der Waals surface area contributed by atoms with Crippen LogP contribution in [-0.2, 0) is 4.79 Å². The predicted octanol–water partition coefficient (Wildman–Crippen LogP) is 5.51. The normalized spacial score (nSPS) is 18.3. The second kappa shape index (κ2) is 8.98. The molecule has 1 aliphatic carbocycles. The number of ether oxygens (including phenoxy) is 1. The van der Waals surface area contributed by atoms with Crippen LogP contribution in [0.4, 0.5) is 5.69 Å². The molecule has 0 radical (unpaired) electrons. The van der Waals surface area contributed by atoms with Crippen molar-refractivity contribution >= 4 is 23.3 Å². The smallest absolute Gasteiger partial charge is 0.308 e. The highest BCUT2D eigenvalue weighted by Crippen LogP contribution is 2.32. The number of carboxylic acid groups (broad SMARTS) is 1. The summed E-state index contributed by atoms with van der Waals surface area (Å²) >= 11 is 6.31. The maximum atomic E-state index is 11.4. The van der Waals surface area contributed by atoms with Crippen LogP contribution in [0.5, 0.6) is 5.75 Å². The van der Waals surface area contributed by atoms with Crippen LogP contribution in [0.3, 0.4) is 0 Å². The Morgan fingerprint density at radius 3 is 2.61 bits per heavy atom. The Morgan fingerprint density at radius 2 is 1.94 bits per heavy atom. The fourth-order valence-corrected chi connectivity index (χ4v) is 4.02. The molecular weight excluding hydrogens is 418 g/mol. The molecule has 0 spiro atoms. The lowest BCUT2D eigenvalue weighted by atomic mass is 10.0. The van der Waals surface area contributed by atoms with E-state index >= 15 is 0 Å². The Hall–Kier alpha value is -3.06. The Bertz CT molecular complexity index is 1060. The summed E-state index contributed by atoms with van der Waals surface area (Å²) in [6.45, 7) is 3.88. The van der Waals surface area contributed by atoms with Crippen LogP contribution < -0.4 is 10.1 Å². The third kappa shape index (κ3) is 4.82. The fourth-order valence-electron chi connectivity index (χ4n) is 3.80. The molecule has 0 saturated heterocycles. The summed E-state index contributed by atoms with van der Waals surface area (Å²) in [7, 11) is 0. The molecule has 4 rings (SSSR count). The third-order valence-corrected chi connectivity index (χ3v) is 5.59. The van der Waals surface area contributed by atoms with Gasteiger partial charge in [-0.3, -0.25) is 4.79 Å². The van der Waals surface area contributed by atoms with Gasteiger partial charge in [-0.2, -0.15) is 4.98 Å². The first kappa shape index (κ1) is 21.2. The number of anilines is 1. The number of hydrogen-bond donors (Lipinski definition) is 2. The molecule has 3 aromatic rings. The highest BCUT2D eigenvalue weighted by Gasteiger charge is 2.32. The number of halogens is 1. The van der Waals surface area contributed by atoms with Gasteiger partial charge in [0.05, 0.1) is 17.0 Å². The Kier molecular flexibility index (Phi) is 6.13. The van der Waals surface area contributed by atoms with E-state index in [9.17, 15) is 9.90 Å². The van der Waals surface area contributed by atoms with Gasteiger partial charge in [-0.05, 0) is 69.2 Å². The van der Waals surface area contributed by atoms with Crippen molar-refractivity contribution in [1.29, 1.82) is 0 Å². The van der Waals surface area contributed by atoms with Crippen LogP contribution >= 0.6 is 11.6 Å². The van der Waals surface area contributed by atoms with Crippen LogP contribution in [0.25, 0.3) is 22.8 Å². The lowest BCUT2D eigenvalue weighted by molar-refractivity contribution is -0.141. The number of rotatable bonds is 7. The van der Waals surface area contributed by atoms with Gasteiger partial charge in [0.1, 0.15) is 5.75 Å². The zero-order valence-electron chi connectivity index (χ0n) is 17.3. The quantitative estimate of drug-likeness (QED) is 0.498. The molecule has 0 bridgehead atoms. The molecule has 31 heavy (non-hydrogen) atoms. The number of nitrogens with one attached hydrogen (secondary N) is 1. The summed E-state index contributed by atoms with van der Waals surface area (Å²) in [4.78, 5) is 15.8. The second-order valence-corrected chi connectivity index (χ2v) is 8.35. The van der Waals surface area contributed by atoms with Crippen molar-refractivity contribution < 1.29 is 19.2 Å². The third-order valence-electron chi connectivity index (χ3n) is 5.30. The SMILES string of the molecule is CC(C)Oc1ccc(-c2noc(-c3ccc(NC4CCC[C@H]4C(=O)O)cc3)n2)cc1Cl. The first-order valence-corrected chi connectivity index (χ1v) is 10.7. The van der Waals surface area contributed by atoms with E-state index in [1.807, 2.05) is 44.2 Å². The van der Waals surface area contributed by atoms with E-state index in [-0.39, 0.29) is 18.1 Å². The minimum Gasteiger partial charge on any atom is -0.489 e. The van der Waals surface area contributed by atoms with Gasteiger partial charge < -0.3 is 19.7 Å². The maximum Gasteiger partial charge on any atom is 0.308 e. The van der Waals surface area contributed by atoms with Crippen LogP contribution in [0.1, 0.15) is 33.1 Å². The molecule has 0 aliphatic heterocycles. The van der Waals surface area contributed by atoms with Crippen LogP contribution in [0.15, 0.2) is 47.0 Å². The molecule has 1 aromatic heterocycles. The van der Waals surface area contributed by atoms with Gasteiger partial charge in [0.15, 0.2) is 0 Å². The van der Waals surface area contributed by atoms with Crippen LogP contribution in [-0.4, -0.2) is 33.4 Å². The molecule has 8 heteroatoms. The van der Waals surface area contributed by atoms with Gasteiger partial charge in [-0.15, -0.1) is 0 Å². The molecule has 1 saturated carbocycles. The predicted molar refractivity (Wildman–Crippen MR) is 118 cm³/mol. The van der Waals surface area contributed by atoms with Gasteiger partial charge in [0, 0.05) is 22.9 Å². The van der Waals surface area contributed by atoms with E-state index in [0.29, 0.717) is 28.9 Å². The minimum absolute atomic E-state index is 0.0290. The van der Waals surface area contributed by atoms with E-state index in [1.165, 1.54) is 0 Å². The standard InChI is InChI=1S/C23H24ClN3O4/c1-13(2)30-20-11-8-15(12-18(20)24)21-26-22(31-27-21)14-6-9-16(10-7-14)25-19-5-3-4-17(19)23(28)29/h6-13,17,19,25H,3-5H2,1-2H3,(H,28,29)/t17-,19?/m1/s1. The second-order valence-electron chi connectivity index (χ2n) is 7.94. The topological polar surface area (TPSA) is 97.5 Å². The summed E-state index contributed by atoms with van der Waals surface area (Å²) in [6, 6.07) is 12.9. The summed E-state index contributed by atoms with van der Waals surface area (Å²) in [5, 5.41) is 17.2. The number of hydrogen-bond acceptors (Lipinski definition) is 6. The number of aliphatic carboxylic acids is 1. The van der Waals surface area contributed by atoms with Crippen molar-refractivity contribution in [3.8, 4) is 28.6 Å².